The van der Waals surface area contributed by atoms with Gasteiger partial charge in [0.25, 0.3) is 0 Å². The standard InChI is InChI=1S/C24H22N2O3/c1-16-7-6-10-22(17(16)2)29-15-23-25-20-13-19(24(27)28)11-12-21(20)26(23)14-18-8-4-3-5-9-18/h3-13H,14-15H2,1-2H3,(H,27,28). The quantitative estimate of drug-likeness (QED) is 0.508. The molecule has 0 bridgehead atoms. The van der Waals surface area contributed by atoms with Gasteiger partial charge in [0.1, 0.15) is 18.2 Å². The van der Waals surface area contributed by atoms with Gasteiger partial charge in [-0.1, -0.05) is 42.5 Å². The molecule has 1 N–H and O–H groups in total. The summed E-state index contributed by atoms with van der Waals surface area (Å²) < 4.78 is 8.17. The molecule has 3 aromatic carbocycles. The van der Waals surface area contributed by atoms with Crippen molar-refractivity contribution in [2.45, 2.75) is 27.0 Å². The van der Waals surface area contributed by atoms with Crippen LogP contribution in [0.15, 0.2) is 66.7 Å². The molecule has 0 aliphatic carbocycles. The van der Waals surface area contributed by atoms with Crippen LogP contribution in [0, 0.1) is 13.8 Å². The molecule has 0 saturated carbocycles. The number of carbonyl (C=O) groups is 1. The first-order chi connectivity index (χ1) is 14.0. The number of aromatic carboxylic acids is 1. The highest BCUT2D eigenvalue weighted by Crippen LogP contribution is 2.24. The molecule has 0 aliphatic heterocycles. The topological polar surface area (TPSA) is 64.3 Å². The van der Waals surface area contributed by atoms with Gasteiger partial charge in [-0.05, 0) is 54.8 Å². The fourth-order valence-corrected chi connectivity index (χ4v) is 3.39. The lowest BCUT2D eigenvalue weighted by Crippen LogP contribution is -2.09. The first kappa shape index (κ1) is 18.7. The largest absolute Gasteiger partial charge is 0.485 e. The number of hydrogen-bond acceptors (Lipinski definition) is 3. The van der Waals surface area contributed by atoms with E-state index in [4.69, 9.17) is 9.72 Å². The first-order valence-corrected chi connectivity index (χ1v) is 9.48. The Morgan fingerprint density at radius 2 is 1.83 bits per heavy atom. The Hall–Kier alpha value is -3.60. The molecule has 0 fully saturated rings. The van der Waals surface area contributed by atoms with Crippen molar-refractivity contribution in [1.82, 2.24) is 9.55 Å². The summed E-state index contributed by atoms with van der Waals surface area (Å²) >= 11 is 0. The average molecular weight is 386 g/mol. The van der Waals surface area contributed by atoms with E-state index in [0.29, 0.717) is 18.7 Å². The summed E-state index contributed by atoms with van der Waals surface area (Å²) in [6.07, 6.45) is 0. The van der Waals surface area contributed by atoms with Gasteiger partial charge in [0, 0.05) is 6.54 Å². The number of ether oxygens (including phenoxy) is 1. The molecule has 0 spiro atoms. The predicted molar refractivity (Wildman–Crippen MR) is 112 cm³/mol. The minimum absolute atomic E-state index is 0.226. The van der Waals surface area contributed by atoms with Crippen LogP contribution in [0.4, 0.5) is 0 Å². The van der Waals surface area contributed by atoms with Gasteiger partial charge in [-0.3, -0.25) is 0 Å². The zero-order valence-electron chi connectivity index (χ0n) is 16.4. The smallest absolute Gasteiger partial charge is 0.335 e. The average Bonchev–Trinajstić information content (AvgIpc) is 3.06. The van der Waals surface area contributed by atoms with Crippen LogP contribution >= 0.6 is 0 Å². The van der Waals surface area contributed by atoms with Crippen molar-refractivity contribution in [3.05, 3.63) is 94.8 Å². The van der Waals surface area contributed by atoms with E-state index in [-0.39, 0.29) is 5.56 Å². The van der Waals surface area contributed by atoms with Crippen molar-refractivity contribution >= 4 is 17.0 Å². The molecule has 5 nitrogen and oxygen atoms in total. The summed E-state index contributed by atoms with van der Waals surface area (Å²) in [5, 5.41) is 9.30. The summed E-state index contributed by atoms with van der Waals surface area (Å²) in [6, 6.07) is 21.1. The Morgan fingerprint density at radius 3 is 2.59 bits per heavy atom. The second-order valence-electron chi connectivity index (χ2n) is 7.10. The van der Waals surface area contributed by atoms with Gasteiger partial charge in [-0.2, -0.15) is 0 Å². The lowest BCUT2D eigenvalue weighted by molar-refractivity contribution is 0.0697. The molecule has 146 valence electrons. The molecule has 0 unspecified atom stereocenters. The molecule has 0 atom stereocenters. The van der Waals surface area contributed by atoms with E-state index in [2.05, 4.69) is 29.7 Å². The van der Waals surface area contributed by atoms with Crippen molar-refractivity contribution in [1.29, 1.82) is 0 Å². The molecule has 1 aromatic heterocycles. The van der Waals surface area contributed by atoms with Crippen LogP contribution in [0.2, 0.25) is 0 Å². The molecule has 29 heavy (non-hydrogen) atoms. The Kier molecular flexibility index (Phi) is 5.04. The normalized spacial score (nSPS) is 11.0. The fraction of sp³-hybridized carbons (Fsp3) is 0.167. The number of rotatable bonds is 6. The lowest BCUT2D eigenvalue weighted by atomic mass is 10.1. The Labute approximate surface area is 169 Å². The van der Waals surface area contributed by atoms with Gasteiger partial charge in [-0.25, -0.2) is 9.78 Å². The fourth-order valence-electron chi connectivity index (χ4n) is 3.39. The number of carboxylic acid groups (broad SMARTS) is 1. The Bertz CT molecular complexity index is 1180. The Morgan fingerprint density at radius 1 is 1.03 bits per heavy atom. The van der Waals surface area contributed by atoms with E-state index < -0.39 is 5.97 Å². The van der Waals surface area contributed by atoms with Crippen LogP contribution in [-0.2, 0) is 13.2 Å². The molecular weight excluding hydrogens is 364 g/mol. The molecule has 0 saturated heterocycles. The summed E-state index contributed by atoms with van der Waals surface area (Å²) in [4.78, 5) is 16.0. The molecule has 0 amide bonds. The molecular formula is C24H22N2O3. The third-order valence-electron chi connectivity index (χ3n) is 5.17. The number of hydrogen-bond donors (Lipinski definition) is 1. The van der Waals surface area contributed by atoms with Crippen LogP contribution in [0.3, 0.4) is 0 Å². The summed E-state index contributed by atoms with van der Waals surface area (Å²) in [6.45, 7) is 5.03. The van der Waals surface area contributed by atoms with E-state index >= 15 is 0 Å². The van der Waals surface area contributed by atoms with Crippen LogP contribution in [-0.4, -0.2) is 20.6 Å². The van der Waals surface area contributed by atoms with Crippen LogP contribution in [0.25, 0.3) is 11.0 Å². The minimum Gasteiger partial charge on any atom is -0.485 e. The molecule has 4 aromatic rings. The van der Waals surface area contributed by atoms with E-state index in [0.717, 1.165) is 28.2 Å². The van der Waals surface area contributed by atoms with E-state index in [1.807, 2.05) is 43.3 Å². The SMILES string of the molecule is Cc1cccc(OCc2nc3cc(C(=O)O)ccc3n2Cc2ccccc2)c1C. The lowest BCUT2D eigenvalue weighted by Gasteiger charge is -2.13. The highest BCUT2D eigenvalue weighted by molar-refractivity contribution is 5.92. The van der Waals surface area contributed by atoms with Crippen molar-refractivity contribution in [3.63, 3.8) is 0 Å². The van der Waals surface area contributed by atoms with E-state index in [1.165, 1.54) is 5.56 Å². The van der Waals surface area contributed by atoms with Crippen LogP contribution in [0.1, 0.15) is 32.9 Å². The minimum atomic E-state index is -0.960. The predicted octanol–water partition coefficient (Wildman–Crippen LogP) is 4.98. The van der Waals surface area contributed by atoms with Gasteiger partial charge in [0.2, 0.25) is 0 Å². The highest BCUT2D eigenvalue weighted by Gasteiger charge is 2.15. The zero-order valence-corrected chi connectivity index (χ0v) is 16.4. The van der Waals surface area contributed by atoms with Crippen LogP contribution in [0.5, 0.6) is 5.75 Å². The van der Waals surface area contributed by atoms with Gasteiger partial charge >= 0.3 is 5.97 Å². The number of benzene rings is 3. The third-order valence-corrected chi connectivity index (χ3v) is 5.17. The van der Waals surface area contributed by atoms with Crippen molar-refractivity contribution in [2.75, 3.05) is 0 Å². The number of aryl methyl sites for hydroxylation is 1. The molecule has 0 aliphatic rings. The van der Waals surface area contributed by atoms with E-state index in [9.17, 15) is 9.90 Å². The first-order valence-electron chi connectivity index (χ1n) is 9.48. The molecule has 4 rings (SSSR count). The van der Waals surface area contributed by atoms with E-state index in [1.54, 1.807) is 12.1 Å². The maximum Gasteiger partial charge on any atom is 0.335 e. The second kappa shape index (κ2) is 7.80. The highest BCUT2D eigenvalue weighted by atomic mass is 16.5. The molecule has 1 heterocycles. The maximum absolute atomic E-state index is 11.3. The van der Waals surface area contributed by atoms with Gasteiger partial charge in [0.15, 0.2) is 0 Å². The maximum atomic E-state index is 11.3. The molecule has 5 heteroatoms. The third kappa shape index (κ3) is 3.85. The van der Waals surface area contributed by atoms with Crippen molar-refractivity contribution in [3.8, 4) is 5.75 Å². The summed E-state index contributed by atoms with van der Waals surface area (Å²) in [7, 11) is 0. The monoisotopic (exact) mass is 386 g/mol. The van der Waals surface area contributed by atoms with Crippen LogP contribution < -0.4 is 4.74 Å². The number of nitrogens with zero attached hydrogens (tertiary/aromatic N) is 2. The summed E-state index contributed by atoms with van der Waals surface area (Å²) in [5.74, 6) is 0.625. The van der Waals surface area contributed by atoms with Gasteiger partial charge in [-0.15, -0.1) is 0 Å². The van der Waals surface area contributed by atoms with Gasteiger partial charge < -0.3 is 14.4 Å². The molecule has 0 radical (unpaired) electrons. The zero-order chi connectivity index (χ0) is 20.4. The Balaban J connectivity index is 1.73. The van der Waals surface area contributed by atoms with Crippen molar-refractivity contribution in [2.24, 2.45) is 0 Å². The second-order valence-corrected chi connectivity index (χ2v) is 7.10. The number of carboxylic acids is 1. The van der Waals surface area contributed by atoms with Gasteiger partial charge in [0.05, 0.1) is 16.6 Å². The number of imidazole rings is 1. The van der Waals surface area contributed by atoms with Crippen molar-refractivity contribution < 1.29 is 14.6 Å². The summed E-state index contributed by atoms with van der Waals surface area (Å²) in [5.41, 5.74) is 5.18. The number of fused-ring (bicyclic) bond motifs is 1. The number of aromatic nitrogens is 2.